The number of ether oxygens (including phenoxy) is 2. The molecule has 4 rings (SSSR count). The van der Waals surface area contributed by atoms with Crippen LogP contribution in [0.25, 0.3) is 0 Å². The van der Waals surface area contributed by atoms with E-state index in [1.165, 1.54) is 0 Å². The summed E-state index contributed by atoms with van der Waals surface area (Å²) in [6.07, 6.45) is 4.57. The first kappa shape index (κ1) is 20.2. The molecule has 1 spiro atoms. The van der Waals surface area contributed by atoms with Crippen molar-refractivity contribution in [2.45, 2.75) is 30.9 Å². The van der Waals surface area contributed by atoms with Crippen molar-refractivity contribution >= 4 is 12.0 Å². The van der Waals surface area contributed by atoms with Crippen LogP contribution in [0, 0.1) is 0 Å². The Balaban J connectivity index is 1.24. The Morgan fingerprint density at radius 3 is 2.77 bits per heavy atom. The largest absolute Gasteiger partial charge is 0.492 e. The maximum atomic E-state index is 12.7. The molecular weight excluding hydrogens is 386 g/mol. The van der Waals surface area contributed by atoms with Crippen LogP contribution >= 0.6 is 0 Å². The number of H-pyrrole nitrogens is 1. The molecule has 0 unspecified atom stereocenters. The standard InChI is InChI=1S/C21H27N5O4/c22-18(12-16-13-23-15-24-16)19(27)25-8-6-21(7-9-25)14-26(20(28)30-21)10-11-29-17-4-2-1-3-5-17/h1-5,13,15,18H,6-12,14,22H2,(H,23,24)/t18-/m0/s1. The van der Waals surface area contributed by atoms with Crippen molar-refractivity contribution < 1.29 is 19.1 Å². The highest BCUT2D eigenvalue weighted by molar-refractivity contribution is 5.82. The number of imidazole rings is 1. The molecule has 30 heavy (non-hydrogen) atoms. The summed E-state index contributed by atoms with van der Waals surface area (Å²) in [5.41, 5.74) is 6.39. The summed E-state index contributed by atoms with van der Waals surface area (Å²) >= 11 is 0. The fourth-order valence-electron chi connectivity index (χ4n) is 4.01. The predicted octanol–water partition coefficient (Wildman–Crippen LogP) is 1.17. The quantitative estimate of drug-likeness (QED) is 0.704. The van der Waals surface area contributed by atoms with Gasteiger partial charge in [-0.15, -0.1) is 0 Å². The molecule has 1 atom stereocenters. The molecule has 160 valence electrons. The first-order valence-electron chi connectivity index (χ1n) is 10.2. The van der Waals surface area contributed by atoms with Crippen LogP contribution in [0.3, 0.4) is 0 Å². The van der Waals surface area contributed by atoms with Gasteiger partial charge in [-0.05, 0) is 12.1 Å². The van der Waals surface area contributed by atoms with Crippen molar-refractivity contribution in [3.63, 3.8) is 0 Å². The van der Waals surface area contributed by atoms with Crippen LogP contribution in [0.1, 0.15) is 18.5 Å². The van der Waals surface area contributed by atoms with Gasteiger partial charge in [-0.25, -0.2) is 9.78 Å². The Bertz CT molecular complexity index is 850. The number of likely N-dealkylation sites (tertiary alicyclic amines) is 1. The lowest BCUT2D eigenvalue weighted by Gasteiger charge is -2.38. The van der Waals surface area contributed by atoms with E-state index < -0.39 is 11.6 Å². The first-order chi connectivity index (χ1) is 14.5. The lowest BCUT2D eigenvalue weighted by Crippen LogP contribution is -2.53. The number of amides is 2. The van der Waals surface area contributed by atoms with Crippen LogP contribution in [0.15, 0.2) is 42.9 Å². The van der Waals surface area contributed by atoms with E-state index >= 15 is 0 Å². The van der Waals surface area contributed by atoms with Gasteiger partial charge in [-0.2, -0.15) is 0 Å². The molecule has 3 N–H and O–H groups in total. The van der Waals surface area contributed by atoms with Crippen molar-refractivity contribution in [3.8, 4) is 5.75 Å². The fraction of sp³-hybridized carbons (Fsp3) is 0.476. The third-order valence-electron chi connectivity index (χ3n) is 5.71. The molecule has 1 aromatic heterocycles. The summed E-state index contributed by atoms with van der Waals surface area (Å²) in [4.78, 5) is 35.4. The van der Waals surface area contributed by atoms with Crippen molar-refractivity contribution in [2.75, 3.05) is 32.8 Å². The molecule has 2 fully saturated rings. The van der Waals surface area contributed by atoms with Crippen LogP contribution in [-0.4, -0.2) is 76.2 Å². The number of piperidine rings is 1. The molecule has 1 aromatic carbocycles. The normalized spacial score (nSPS) is 19.0. The van der Waals surface area contributed by atoms with E-state index in [0.717, 1.165) is 11.4 Å². The number of carbonyl (C=O) groups is 2. The molecule has 2 aromatic rings. The molecule has 3 heterocycles. The summed E-state index contributed by atoms with van der Waals surface area (Å²) < 4.78 is 11.4. The number of hydrogen-bond donors (Lipinski definition) is 2. The third-order valence-corrected chi connectivity index (χ3v) is 5.71. The van der Waals surface area contributed by atoms with Gasteiger partial charge >= 0.3 is 6.09 Å². The summed E-state index contributed by atoms with van der Waals surface area (Å²) in [6, 6.07) is 8.89. The summed E-state index contributed by atoms with van der Waals surface area (Å²) in [7, 11) is 0. The fourth-order valence-corrected chi connectivity index (χ4v) is 4.01. The molecule has 0 aliphatic carbocycles. The Morgan fingerprint density at radius 1 is 1.30 bits per heavy atom. The maximum Gasteiger partial charge on any atom is 0.410 e. The van der Waals surface area contributed by atoms with E-state index in [1.54, 1.807) is 22.3 Å². The van der Waals surface area contributed by atoms with Crippen molar-refractivity contribution in [1.29, 1.82) is 0 Å². The second kappa shape index (κ2) is 8.74. The minimum Gasteiger partial charge on any atom is -0.492 e. The molecule has 9 heteroatoms. The van der Waals surface area contributed by atoms with E-state index in [9.17, 15) is 9.59 Å². The Kier molecular flexibility index (Phi) is 5.89. The highest BCUT2D eigenvalue weighted by Gasteiger charge is 2.47. The predicted molar refractivity (Wildman–Crippen MR) is 109 cm³/mol. The summed E-state index contributed by atoms with van der Waals surface area (Å²) in [5, 5.41) is 0. The van der Waals surface area contributed by atoms with Gasteiger partial charge in [0.15, 0.2) is 0 Å². The molecule has 0 bridgehead atoms. The van der Waals surface area contributed by atoms with Crippen LogP contribution in [0.4, 0.5) is 4.79 Å². The number of aromatic nitrogens is 2. The summed E-state index contributed by atoms with van der Waals surface area (Å²) in [5.74, 6) is 0.690. The van der Waals surface area contributed by atoms with E-state index in [2.05, 4.69) is 9.97 Å². The highest BCUT2D eigenvalue weighted by Crippen LogP contribution is 2.33. The topological polar surface area (TPSA) is 114 Å². The van der Waals surface area contributed by atoms with E-state index in [0.29, 0.717) is 52.0 Å². The molecule has 2 saturated heterocycles. The minimum atomic E-state index is -0.614. The van der Waals surface area contributed by atoms with Gasteiger partial charge in [-0.1, -0.05) is 18.2 Å². The number of carbonyl (C=O) groups excluding carboxylic acids is 2. The van der Waals surface area contributed by atoms with Crippen molar-refractivity contribution in [3.05, 3.63) is 48.5 Å². The monoisotopic (exact) mass is 413 g/mol. The van der Waals surface area contributed by atoms with E-state index in [-0.39, 0.29) is 12.0 Å². The van der Waals surface area contributed by atoms with Gasteiger partial charge in [0, 0.05) is 44.2 Å². The Hall–Kier alpha value is -3.07. The highest BCUT2D eigenvalue weighted by atomic mass is 16.6. The van der Waals surface area contributed by atoms with Gasteiger partial charge in [0.1, 0.15) is 18.0 Å². The minimum absolute atomic E-state index is 0.0862. The number of benzene rings is 1. The van der Waals surface area contributed by atoms with Gasteiger partial charge in [0.25, 0.3) is 0 Å². The van der Waals surface area contributed by atoms with Crippen molar-refractivity contribution in [1.82, 2.24) is 19.8 Å². The maximum absolute atomic E-state index is 12.7. The lowest BCUT2D eigenvalue weighted by molar-refractivity contribution is -0.136. The number of aromatic amines is 1. The number of para-hydroxylation sites is 1. The number of nitrogens with one attached hydrogen (secondary N) is 1. The smallest absolute Gasteiger partial charge is 0.410 e. The van der Waals surface area contributed by atoms with Crippen LogP contribution in [-0.2, 0) is 16.0 Å². The molecule has 2 amide bonds. The van der Waals surface area contributed by atoms with Crippen LogP contribution in [0.2, 0.25) is 0 Å². The van der Waals surface area contributed by atoms with Crippen LogP contribution in [0.5, 0.6) is 5.75 Å². The lowest BCUT2D eigenvalue weighted by atomic mass is 9.91. The number of nitrogens with zero attached hydrogens (tertiary/aromatic N) is 3. The molecule has 9 nitrogen and oxygen atoms in total. The van der Waals surface area contributed by atoms with Gasteiger partial charge in [0.2, 0.25) is 5.91 Å². The van der Waals surface area contributed by atoms with Gasteiger partial charge in [0.05, 0.1) is 25.5 Å². The average molecular weight is 413 g/mol. The molecule has 0 saturated carbocycles. The van der Waals surface area contributed by atoms with Gasteiger partial charge < -0.3 is 30.0 Å². The molecule has 2 aliphatic rings. The second-order valence-electron chi connectivity index (χ2n) is 7.85. The number of rotatable bonds is 7. The second-order valence-corrected chi connectivity index (χ2v) is 7.85. The molecule has 2 aliphatic heterocycles. The SMILES string of the molecule is N[C@@H](Cc1cnc[nH]1)C(=O)N1CCC2(CC1)CN(CCOc1ccccc1)C(=O)O2. The Labute approximate surface area is 175 Å². The first-order valence-corrected chi connectivity index (χ1v) is 10.2. The zero-order chi connectivity index (χ0) is 21.0. The average Bonchev–Trinajstić information content (AvgIpc) is 3.37. The molecular formula is C21H27N5O4. The Morgan fingerprint density at radius 2 is 2.07 bits per heavy atom. The third kappa shape index (κ3) is 4.56. The zero-order valence-electron chi connectivity index (χ0n) is 16.8. The number of hydrogen-bond acceptors (Lipinski definition) is 6. The zero-order valence-corrected chi connectivity index (χ0v) is 16.8. The molecule has 0 radical (unpaired) electrons. The number of nitrogens with two attached hydrogens (primary N) is 1. The van der Waals surface area contributed by atoms with Crippen LogP contribution < -0.4 is 10.5 Å². The van der Waals surface area contributed by atoms with Gasteiger partial charge in [-0.3, -0.25) is 4.79 Å². The summed E-state index contributed by atoms with van der Waals surface area (Å²) in [6.45, 7) is 2.44. The van der Waals surface area contributed by atoms with E-state index in [4.69, 9.17) is 15.2 Å². The van der Waals surface area contributed by atoms with Crippen molar-refractivity contribution in [2.24, 2.45) is 5.73 Å². The van der Waals surface area contributed by atoms with E-state index in [1.807, 2.05) is 30.3 Å².